The molecule has 118 valence electrons. The Morgan fingerprint density at radius 2 is 1.70 bits per heavy atom. The molecule has 1 aliphatic heterocycles. The molecule has 2 aromatic carbocycles. The first kappa shape index (κ1) is 15.8. The second-order valence-electron chi connectivity index (χ2n) is 6.62. The first-order chi connectivity index (χ1) is 11.3. The molecular weight excluding hydrogens is 280 g/mol. The minimum atomic E-state index is 0.0396. The molecule has 0 spiro atoms. The quantitative estimate of drug-likeness (QED) is 0.830. The van der Waals surface area contributed by atoms with Gasteiger partial charge in [0, 0.05) is 6.54 Å². The Morgan fingerprint density at radius 1 is 1.04 bits per heavy atom. The van der Waals surface area contributed by atoms with Gasteiger partial charge in [-0.15, -0.1) is 0 Å². The summed E-state index contributed by atoms with van der Waals surface area (Å²) in [4.78, 5) is 2.51. The minimum Gasteiger partial charge on any atom is -0.299 e. The molecule has 0 radical (unpaired) electrons. The van der Waals surface area contributed by atoms with E-state index in [4.69, 9.17) is 0 Å². The normalized spacial score (nSPS) is 17.6. The zero-order valence-electron chi connectivity index (χ0n) is 13.8. The van der Waals surface area contributed by atoms with Crippen LogP contribution in [0.3, 0.4) is 0 Å². The first-order valence-corrected chi connectivity index (χ1v) is 8.49. The molecule has 3 rings (SSSR count). The Hall–Kier alpha value is -2.11. The Bertz CT molecular complexity index is 646. The molecule has 2 nitrogen and oxygen atoms in total. The van der Waals surface area contributed by atoms with E-state index < -0.39 is 0 Å². The topological polar surface area (TPSA) is 27.0 Å². The largest absolute Gasteiger partial charge is 0.299 e. The molecule has 2 heteroatoms. The zero-order valence-corrected chi connectivity index (χ0v) is 13.8. The summed E-state index contributed by atoms with van der Waals surface area (Å²) in [6.45, 7) is 5.32. The summed E-state index contributed by atoms with van der Waals surface area (Å²) in [6, 6.07) is 21.6. The van der Waals surface area contributed by atoms with E-state index in [1.165, 1.54) is 16.7 Å². The minimum absolute atomic E-state index is 0.0396. The Kier molecular flexibility index (Phi) is 5.10. The third-order valence-corrected chi connectivity index (χ3v) is 4.93. The number of benzene rings is 2. The van der Waals surface area contributed by atoms with Gasteiger partial charge in [-0.1, -0.05) is 60.2 Å². The highest BCUT2D eigenvalue weighted by molar-refractivity contribution is 5.26. The van der Waals surface area contributed by atoms with Crippen molar-refractivity contribution in [1.82, 2.24) is 4.90 Å². The van der Waals surface area contributed by atoms with E-state index >= 15 is 0 Å². The van der Waals surface area contributed by atoms with Gasteiger partial charge in [0.1, 0.15) is 0 Å². The molecule has 1 heterocycles. The maximum absolute atomic E-state index is 9.60. The summed E-state index contributed by atoms with van der Waals surface area (Å²) >= 11 is 0. The number of nitrogens with zero attached hydrogens (tertiary/aromatic N) is 2. The highest BCUT2D eigenvalue weighted by Crippen LogP contribution is 2.32. The average molecular weight is 304 g/mol. The van der Waals surface area contributed by atoms with E-state index in [0.717, 1.165) is 32.5 Å². The van der Waals surface area contributed by atoms with Crippen molar-refractivity contribution in [1.29, 1.82) is 5.26 Å². The molecule has 23 heavy (non-hydrogen) atoms. The molecule has 1 fully saturated rings. The van der Waals surface area contributed by atoms with Crippen LogP contribution in [0.5, 0.6) is 0 Å². The van der Waals surface area contributed by atoms with Crippen molar-refractivity contribution in [3.63, 3.8) is 0 Å². The van der Waals surface area contributed by atoms with Gasteiger partial charge in [-0.25, -0.2) is 0 Å². The van der Waals surface area contributed by atoms with E-state index in [1.54, 1.807) is 0 Å². The van der Waals surface area contributed by atoms with Gasteiger partial charge in [0.2, 0.25) is 0 Å². The number of piperidine rings is 1. The lowest BCUT2D eigenvalue weighted by atomic mass is 9.81. The molecule has 0 aliphatic carbocycles. The van der Waals surface area contributed by atoms with Crippen molar-refractivity contribution in [2.45, 2.75) is 32.2 Å². The first-order valence-electron chi connectivity index (χ1n) is 8.49. The number of aryl methyl sites for hydroxylation is 1. The van der Waals surface area contributed by atoms with E-state index in [9.17, 15) is 5.26 Å². The highest BCUT2D eigenvalue weighted by atomic mass is 15.1. The number of likely N-dealkylation sites (tertiary alicyclic amines) is 1. The highest BCUT2D eigenvalue weighted by Gasteiger charge is 2.27. The maximum atomic E-state index is 9.60. The molecule has 0 N–H and O–H groups in total. The van der Waals surface area contributed by atoms with Crippen molar-refractivity contribution in [3.8, 4) is 6.07 Å². The predicted octanol–water partition coefficient (Wildman–Crippen LogP) is 4.51. The van der Waals surface area contributed by atoms with Crippen molar-refractivity contribution in [2.24, 2.45) is 5.92 Å². The van der Waals surface area contributed by atoms with Crippen molar-refractivity contribution in [3.05, 3.63) is 71.3 Å². The summed E-state index contributed by atoms with van der Waals surface area (Å²) in [6.07, 6.45) is 2.22. The van der Waals surface area contributed by atoms with Gasteiger partial charge in [0.05, 0.1) is 12.0 Å². The standard InChI is InChI=1S/C21H24N2/c1-17-7-9-18(10-8-17)16-23-13-11-20(12-14-23)21(15-22)19-5-3-2-4-6-19/h2-10,20-21H,11-14,16H2,1H3. The number of nitriles is 1. The molecule has 1 saturated heterocycles. The van der Waals surface area contributed by atoms with Gasteiger partial charge in [-0.3, -0.25) is 4.90 Å². The van der Waals surface area contributed by atoms with Crippen LogP contribution in [0.25, 0.3) is 0 Å². The van der Waals surface area contributed by atoms with Crippen molar-refractivity contribution in [2.75, 3.05) is 13.1 Å². The molecule has 0 amide bonds. The second kappa shape index (κ2) is 7.44. The van der Waals surface area contributed by atoms with Gasteiger partial charge in [-0.2, -0.15) is 5.26 Å². The smallest absolute Gasteiger partial charge is 0.0741 e. The lowest BCUT2D eigenvalue weighted by Crippen LogP contribution is -2.35. The fraction of sp³-hybridized carbons (Fsp3) is 0.381. The van der Waals surface area contributed by atoms with Gasteiger partial charge in [0.25, 0.3) is 0 Å². The monoisotopic (exact) mass is 304 g/mol. The third kappa shape index (κ3) is 4.00. The van der Waals surface area contributed by atoms with Crippen LogP contribution in [0.1, 0.15) is 35.4 Å². The van der Waals surface area contributed by atoms with Crippen LogP contribution >= 0.6 is 0 Å². The fourth-order valence-electron chi connectivity index (χ4n) is 3.51. The predicted molar refractivity (Wildman–Crippen MR) is 94.0 cm³/mol. The second-order valence-corrected chi connectivity index (χ2v) is 6.62. The maximum Gasteiger partial charge on any atom is 0.0741 e. The van der Waals surface area contributed by atoms with Crippen LogP contribution < -0.4 is 0 Å². The molecule has 0 bridgehead atoms. The molecule has 1 unspecified atom stereocenters. The lowest BCUT2D eigenvalue weighted by molar-refractivity contribution is 0.171. The third-order valence-electron chi connectivity index (χ3n) is 4.93. The van der Waals surface area contributed by atoms with Crippen LogP contribution in [0, 0.1) is 24.2 Å². The molecule has 1 atom stereocenters. The summed E-state index contributed by atoms with van der Waals surface area (Å²) in [5, 5.41) is 9.60. The number of hydrogen-bond donors (Lipinski definition) is 0. The zero-order chi connectivity index (χ0) is 16.1. The summed E-state index contributed by atoms with van der Waals surface area (Å²) in [7, 11) is 0. The number of rotatable bonds is 4. The fourth-order valence-corrected chi connectivity index (χ4v) is 3.51. The molecule has 0 saturated carbocycles. The summed E-state index contributed by atoms with van der Waals surface area (Å²) in [5.41, 5.74) is 3.87. The van der Waals surface area contributed by atoms with Gasteiger partial charge in [-0.05, 0) is 49.9 Å². The molecule has 1 aliphatic rings. The SMILES string of the molecule is Cc1ccc(CN2CCC(C(C#N)c3ccccc3)CC2)cc1. The van der Waals surface area contributed by atoms with Crippen molar-refractivity contribution < 1.29 is 0 Å². The van der Waals surface area contributed by atoms with Crippen LogP contribution in [0.4, 0.5) is 0 Å². The Morgan fingerprint density at radius 3 is 2.30 bits per heavy atom. The van der Waals surface area contributed by atoms with Gasteiger partial charge in [0.15, 0.2) is 0 Å². The van der Waals surface area contributed by atoms with Crippen LogP contribution in [-0.2, 0) is 6.54 Å². The van der Waals surface area contributed by atoms with Crippen molar-refractivity contribution >= 4 is 0 Å². The van der Waals surface area contributed by atoms with Crippen LogP contribution in [-0.4, -0.2) is 18.0 Å². The Labute approximate surface area is 139 Å². The lowest BCUT2D eigenvalue weighted by Gasteiger charge is -2.34. The van der Waals surface area contributed by atoms with Crippen LogP contribution in [0.2, 0.25) is 0 Å². The Balaban J connectivity index is 1.57. The van der Waals surface area contributed by atoms with Gasteiger partial charge >= 0.3 is 0 Å². The molecule has 0 aromatic heterocycles. The van der Waals surface area contributed by atoms with E-state index in [-0.39, 0.29) is 5.92 Å². The molecular formula is C21H24N2. The summed E-state index contributed by atoms with van der Waals surface area (Å²) in [5.74, 6) is 0.523. The van der Waals surface area contributed by atoms with E-state index in [2.05, 4.69) is 54.3 Å². The van der Waals surface area contributed by atoms with Gasteiger partial charge < -0.3 is 0 Å². The van der Waals surface area contributed by atoms with E-state index in [1.807, 2.05) is 18.2 Å². The van der Waals surface area contributed by atoms with E-state index in [0.29, 0.717) is 5.92 Å². The van der Waals surface area contributed by atoms with Crippen LogP contribution in [0.15, 0.2) is 54.6 Å². The average Bonchev–Trinajstić information content (AvgIpc) is 2.60. The number of hydrogen-bond acceptors (Lipinski definition) is 2. The molecule has 2 aromatic rings. The summed E-state index contributed by atoms with van der Waals surface area (Å²) < 4.78 is 0.